The Hall–Kier alpha value is -1.86. The van der Waals surface area contributed by atoms with E-state index in [9.17, 15) is 4.79 Å². The van der Waals surface area contributed by atoms with Gasteiger partial charge in [-0.2, -0.15) is 5.10 Å². The van der Waals surface area contributed by atoms with E-state index in [0.717, 1.165) is 42.8 Å². The van der Waals surface area contributed by atoms with E-state index < -0.39 is 0 Å². The van der Waals surface area contributed by atoms with Gasteiger partial charge in [0.05, 0.1) is 23.9 Å². The average molecular weight is 340 g/mol. The Kier molecular flexibility index (Phi) is 5.79. The lowest BCUT2D eigenvalue weighted by atomic mass is 10.1. The van der Waals surface area contributed by atoms with Crippen LogP contribution in [0.5, 0.6) is 0 Å². The number of hydrogen-bond donors (Lipinski definition) is 2. The van der Waals surface area contributed by atoms with Crippen molar-refractivity contribution < 1.29 is 9.53 Å². The molecule has 1 aliphatic rings. The quantitative estimate of drug-likeness (QED) is 0.809. The van der Waals surface area contributed by atoms with Crippen LogP contribution in [0.1, 0.15) is 30.6 Å². The Morgan fingerprint density at radius 2 is 2.30 bits per heavy atom. The molecule has 1 saturated heterocycles. The molecule has 0 saturated carbocycles. The molecule has 0 amide bonds. The molecular weight excluding hydrogens is 318 g/mol. The highest BCUT2D eigenvalue weighted by Crippen LogP contribution is 2.28. The van der Waals surface area contributed by atoms with Crippen molar-refractivity contribution in [1.29, 1.82) is 0 Å². The zero-order valence-electron chi connectivity index (χ0n) is 13.3. The zero-order chi connectivity index (χ0) is 15.5. The molecule has 0 radical (unpaired) electrons. The number of fused-ring (bicyclic) bond motifs is 1. The van der Waals surface area contributed by atoms with Gasteiger partial charge in [0.15, 0.2) is 5.65 Å². The lowest BCUT2D eigenvalue weighted by Gasteiger charge is -2.16. The van der Waals surface area contributed by atoms with Crippen molar-refractivity contribution in [3.63, 3.8) is 0 Å². The summed E-state index contributed by atoms with van der Waals surface area (Å²) < 4.78 is 6.98. The number of esters is 1. The van der Waals surface area contributed by atoms with Gasteiger partial charge in [-0.05, 0) is 26.8 Å². The number of pyridine rings is 1. The minimum atomic E-state index is -0.352. The van der Waals surface area contributed by atoms with Gasteiger partial charge < -0.3 is 15.4 Å². The molecule has 3 heterocycles. The monoisotopic (exact) mass is 339 g/mol. The maximum absolute atomic E-state index is 12.2. The smallest absolute Gasteiger partial charge is 0.341 e. The number of aryl methyl sites for hydroxylation is 1. The number of carbonyl (C=O) groups excluding carboxylic acids is 1. The Morgan fingerprint density at radius 1 is 1.48 bits per heavy atom. The second-order valence-corrected chi connectivity index (χ2v) is 5.30. The summed E-state index contributed by atoms with van der Waals surface area (Å²) in [5.41, 5.74) is 2.03. The first-order valence-electron chi connectivity index (χ1n) is 7.73. The van der Waals surface area contributed by atoms with Crippen molar-refractivity contribution in [2.24, 2.45) is 0 Å². The van der Waals surface area contributed by atoms with Crippen LogP contribution in [0, 0.1) is 0 Å². The standard InChI is InChI=1S/C15H21N5O2.ClH/c1-3-20-14-11(9-18-20)13(19-10-5-6-16-7-10)12(8-17-14)15(21)22-4-2;/h8-10,16H,3-7H2,1-2H3,(H,17,19);1H/t10-;/m0./s1. The number of nitrogens with zero attached hydrogens (tertiary/aromatic N) is 3. The Labute approximate surface area is 141 Å². The minimum absolute atomic E-state index is 0. The van der Waals surface area contributed by atoms with Crippen LogP contribution in [0.4, 0.5) is 5.69 Å². The zero-order valence-corrected chi connectivity index (χ0v) is 14.2. The van der Waals surface area contributed by atoms with Gasteiger partial charge in [-0.25, -0.2) is 14.5 Å². The fraction of sp³-hybridized carbons (Fsp3) is 0.533. The third-order valence-corrected chi connectivity index (χ3v) is 3.87. The summed E-state index contributed by atoms with van der Waals surface area (Å²) >= 11 is 0. The summed E-state index contributed by atoms with van der Waals surface area (Å²) in [6, 6.07) is 0.295. The average Bonchev–Trinajstić information content (AvgIpc) is 3.16. The number of nitrogens with one attached hydrogen (secondary N) is 2. The van der Waals surface area contributed by atoms with Crippen molar-refractivity contribution in [3.8, 4) is 0 Å². The predicted octanol–water partition coefficient (Wildman–Crippen LogP) is 1.82. The lowest BCUT2D eigenvalue weighted by molar-refractivity contribution is 0.0527. The summed E-state index contributed by atoms with van der Waals surface area (Å²) in [5.74, 6) is -0.352. The SMILES string of the molecule is CCOC(=O)c1cnc2c(cnn2CC)c1N[C@H]1CCNC1.Cl. The highest BCUT2D eigenvalue weighted by atomic mass is 35.5. The van der Waals surface area contributed by atoms with E-state index in [4.69, 9.17) is 4.74 Å². The third-order valence-electron chi connectivity index (χ3n) is 3.87. The molecule has 0 unspecified atom stereocenters. The van der Waals surface area contributed by atoms with Gasteiger partial charge in [-0.1, -0.05) is 0 Å². The van der Waals surface area contributed by atoms with E-state index in [0.29, 0.717) is 18.2 Å². The number of rotatable bonds is 5. The second kappa shape index (κ2) is 7.61. The molecule has 2 N–H and O–H groups in total. The van der Waals surface area contributed by atoms with Gasteiger partial charge in [-0.15, -0.1) is 12.4 Å². The lowest BCUT2D eigenvalue weighted by Crippen LogP contribution is -2.24. The van der Waals surface area contributed by atoms with Crippen molar-refractivity contribution in [2.75, 3.05) is 25.0 Å². The molecule has 126 valence electrons. The molecule has 0 spiro atoms. The molecule has 2 aromatic rings. The van der Waals surface area contributed by atoms with Gasteiger partial charge in [0.2, 0.25) is 0 Å². The minimum Gasteiger partial charge on any atom is -0.462 e. The van der Waals surface area contributed by atoms with Crippen LogP contribution in [-0.4, -0.2) is 46.5 Å². The van der Waals surface area contributed by atoms with Crippen molar-refractivity contribution in [3.05, 3.63) is 18.0 Å². The molecule has 0 aromatic carbocycles. The molecule has 1 fully saturated rings. The largest absolute Gasteiger partial charge is 0.462 e. The number of carbonyl (C=O) groups is 1. The summed E-state index contributed by atoms with van der Waals surface area (Å²) in [4.78, 5) is 16.6. The second-order valence-electron chi connectivity index (χ2n) is 5.30. The topological polar surface area (TPSA) is 81.1 Å². The van der Waals surface area contributed by atoms with E-state index in [-0.39, 0.29) is 18.4 Å². The highest BCUT2D eigenvalue weighted by molar-refractivity contribution is 6.04. The van der Waals surface area contributed by atoms with Crippen LogP contribution in [0.3, 0.4) is 0 Å². The molecule has 23 heavy (non-hydrogen) atoms. The van der Waals surface area contributed by atoms with Crippen molar-refractivity contribution in [1.82, 2.24) is 20.1 Å². The third kappa shape index (κ3) is 3.40. The van der Waals surface area contributed by atoms with E-state index in [1.54, 1.807) is 19.3 Å². The molecule has 7 nitrogen and oxygen atoms in total. The fourth-order valence-electron chi connectivity index (χ4n) is 2.76. The number of aromatic nitrogens is 3. The first-order valence-corrected chi connectivity index (χ1v) is 7.73. The van der Waals surface area contributed by atoms with Gasteiger partial charge in [0, 0.05) is 25.3 Å². The molecule has 1 atom stereocenters. The first kappa shape index (κ1) is 17.5. The molecule has 3 rings (SSSR count). The first-order chi connectivity index (χ1) is 10.7. The van der Waals surface area contributed by atoms with Crippen LogP contribution < -0.4 is 10.6 Å². The van der Waals surface area contributed by atoms with Crippen LogP contribution in [0.25, 0.3) is 11.0 Å². The Morgan fingerprint density at radius 3 is 2.96 bits per heavy atom. The molecule has 1 aliphatic heterocycles. The molecule has 8 heteroatoms. The predicted molar refractivity (Wildman–Crippen MR) is 91.3 cm³/mol. The van der Waals surface area contributed by atoms with E-state index in [1.807, 2.05) is 11.6 Å². The molecular formula is C15H22ClN5O2. The number of hydrogen-bond acceptors (Lipinski definition) is 6. The van der Waals surface area contributed by atoms with Gasteiger partial charge >= 0.3 is 5.97 Å². The number of ether oxygens (including phenoxy) is 1. The number of halogens is 1. The summed E-state index contributed by atoms with van der Waals surface area (Å²) in [6.45, 7) is 6.76. The summed E-state index contributed by atoms with van der Waals surface area (Å²) in [7, 11) is 0. The van der Waals surface area contributed by atoms with Crippen LogP contribution in [-0.2, 0) is 11.3 Å². The Balaban J connectivity index is 0.00000192. The van der Waals surface area contributed by atoms with Gasteiger partial charge in [0.1, 0.15) is 5.56 Å². The van der Waals surface area contributed by atoms with Gasteiger partial charge in [0.25, 0.3) is 0 Å². The molecule has 2 aromatic heterocycles. The van der Waals surface area contributed by atoms with Crippen LogP contribution in [0.15, 0.2) is 12.4 Å². The van der Waals surface area contributed by atoms with E-state index in [1.165, 1.54) is 0 Å². The van der Waals surface area contributed by atoms with Gasteiger partial charge in [-0.3, -0.25) is 0 Å². The molecule has 0 aliphatic carbocycles. The highest BCUT2D eigenvalue weighted by Gasteiger charge is 2.22. The normalized spacial score (nSPS) is 17.0. The maximum Gasteiger partial charge on any atom is 0.341 e. The van der Waals surface area contributed by atoms with E-state index in [2.05, 4.69) is 20.7 Å². The maximum atomic E-state index is 12.2. The molecule has 0 bridgehead atoms. The number of anilines is 1. The van der Waals surface area contributed by atoms with E-state index >= 15 is 0 Å². The van der Waals surface area contributed by atoms with Crippen molar-refractivity contribution >= 4 is 35.1 Å². The summed E-state index contributed by atoms with van der Waals surface area (Å²) in [6.07, 6.45) is 4.37. The van der Waals surface area contributed by atoms with Crippen LogP contribution in [0.2, 0.25) is 0 Å². The Bertz CT molecular complexity index is 682. The summed E-state index contributed by atoms with van der Waals surface area (Å²) in [5, 5.41) is 12.0. The van der Waals surface area contributed by atoms with Crippen molar-refractivity contribution in [2.45, 2.75) is 32.9 Å². The fourth-order valence-corrected chi connectivity index (χ4v) is 2.76. The van der Waals surface area contributed by atoms with Crippen LogP contribution >= 0.6 is 12.4 Å².